The lowest BCUT2D eigenvalue weighted by atomic mass is 9.64. The lowest BCUT2D eigenvalue weighted by Crippen LogP contribution is -2.43. The molecule has 1 saturated carbocycles. The number of pyridine rings is 2. The maximum atomic E-state index is 13.4. The number of carbonyl (C=O) groups is 2. The summed E-state index contributed by atoms with van der Waals surface area (Å²) in [5, 5.41) is 0.893. The summed E-state index contributed by atoms with van der Waals surface area (Å²) in [6.07, 6.45) is 5.47. The lowest BCUT2D eigenvalue weighted by Gasteiger charge is -2.37. The van der Waals surface area contributed by atoms with E-state index < -0.39 is 27.1 Å². The first-order valence-electron chi connectivity index (χ1n) is 15.2. The Kier molecular flexibility index (Phi) is 7.87. The van der Waals surface area contributed by atoms with E-state index in [1.807, 2.05) is 18.2 Å². The van der Waals surface area contributed by atoms with Crippen molar-refractivity contribution >= 4 is 44.3 Å². The quantitative estimate of drug-likeness (QED) is 0.257. The zero-order valence-corrected chi connectivity index (χ0v) is 27.3. The SMILES string of the molecule is CN(CCOc1ncc(-c2ccc3ncc4c(c3c2)C2(CCC2)C(=O)N4C)cc1NS(=O)(=O)c1ccccc1)C(=O)OC(C)(C)C. The molecule has 11 nitrogen and oxygen atoms in total. The number of fused-ring (bicyclic) bond motifs is 4. The smallest absolute Gasteiger partial charge is 0.410 e. The van der Waals surface area contributed by atoms with Crippen molar-refractivity contribution in [2.75, 3.05) is 36.9 Å². The number of carbonyl (C=O) groups excluding carboxylic acids is 2. The second kappa shape index (κ2) is 11.6. The molecule has 6 rings (SSSR count). The Bertz CT molecular complexity index is 1940. The zero-order valence-electron chi connectivity index (χ0n) is 26.5. The van der Waals surface area contributed by atoms with E-state index in [9.17, 15) is 18.0 Å². The monoisotopic (exact) mass is 643 g/mol. The number of sulfonamides is 1. The fourth-order valence-electron chi connectivity index (χ4n) is 5.96. The third-order valence-corrected chi connectivity index (χ3v) is 9.84. The van der Waals surface area contributed by atoms with Gasteiger partial charge in [-0.3, -0.25) is 14.5 Å². The van der Waals surface area contributed by atoms with Crippen LogP contribution in [0.1, 0.15) is 45.6 Å². The predicted octanol–water partition coefficient (Wildman–Crippen LogP) is 5.74. The minimum Gasteiger partial charge on any atom is -0.474 e. The number of nitrogens with one attached hydrogen (secondary N) is 1. The van der Waals surface area contributed by atoms with Gasteiger partial charge in [-0.05, 0) is 69.5 Å². The number of ether oxygens (including phenoxy) is 2. The molecule has 4 aromatic rings. The summed E-state index contributed by atoms with van der Waals surface area (Å²) in [4.78, 5) is 38.0. The van der Waals surface area contributed by atoms with Crippen LogP contribution >= 0.6 is 0 Å². The maximum absolute atomic E-state index is 13.4. The van der Waals surface area contributed by atoms with Crippen LogP contribution in [0.3, 0.4) is 0 Å². The van der Waals surface area contributed by atoms with Crippen LogP contribution in [0.5, 0.6) is 5.88 Å². The Morgan fingerprint density at radius 2 is 1.78 bits per heavy atom. The molecule has 2 aromatic heterocycles. The van der Waals surface area contributed by atoms with Crippen LogP contribution in [-0.4, -0.2) is 68.1 Å². The predicted molar refractivity (Wildman–Crippen MR) is 176 cm³/mol. The lowest BCUT2D eigenvalue weighted by molar-refractivity contribution is -0.125. The van der Waals surface area contributed by atoms with Crippen molar-refractivity contribution in [2.24, 2.45) is 0 Å². The van der Waals surface area contributed by atoms with Gasteiger partial charge in [-0.1, -0.05) is 30.7 Å². The Labute approximate surface area is 268 Å². The summed E-state index contributed by atoms with van der Waals surface area (Å²) in [6.45, 7) is 5.58. The molecule has 2 aliphatic rings. The molecule has 240 valence electrons. The average molecular weight is 644 g/mol. The van der Waals surface area contributed by atoms with Gasteiger partial charge in [-0.25, -0.2) is 18.2 Å². The minimum atomic E-state index is -3.98. The summed E-state index contributed by atoms with van der Waals surface area (Å²) in [5.74, 6) is 0.163. The number of anilines is 2. The van der Waals surface area contributed by atoms with Crippen molar-refractivity contribution in [2.45, 2.75) is 55.9 Å². The van der Waals surface area contributed by atoms with Crippen molar-refractivity contribution in [1.29, 1.82) is 0 Å². The van der Waals surface area contributed by atoms with Crippen LogP contribution in [0, 0.1) is 0 Å². The molecule has 0 unspecified atom stereocenters. The van der Waals surface area contributed by atoms with E-state index in [2.05, 4.69) is 14.7 Å². The number of hydrogen-bond donors (Lipinski definition) is 1. The number of nitrogens with zero attached hydrogens (tertiary/aromatic N) is 4. The van der Waals surface area contributed by atoms with E-state index >= 15 is 0 Å². The molecule has 0 radical (unpaired) electrons. The number of amides is 2. The number of benzene rings is 2. The van der Waals surface area contributed by atoms with E-state index in [0.717, 1.165) is 47.0 Å². The van der Waals surface area contributed by atoms with Crippen LogP contribution in [0.2, 0.25) is 0 Å². The number of likely N-dealkylation sites (N-methyl/N-ethyl adjacent to an activating group) is 2. The largest absolute Gasteiger partial charge is 0.474 e. The van der Waals surface area contributed by atoms with E-state index in [4.69, 9.17) is 9.47 Å². The summed E-state index contributed by atoms with van der Waals surface area (Å²) in [5.41, 5.74) is 3.01. The molecule has 1 spiro atoms. The highest BCUT2D eigenvalue weighted by Crippen LogP contribution is 2.55. The second-order valence-corrected chi connectivity index (χ2v) is 14.5. The molecule has 46 heavy (non-hydrogen) atoms. The zero-order chi connectivity index (χ0) is 32.9. The molecule has 1 fully saturated rings. The van der Waals surface area contributed by atoms with Gasteiger partial charge >= 0.3 is 6.09 Å². The molecule has 1 aliphatic carbocycles. The Morgan fingerprint density at radius 1 is 1.04 bits per heavy atom. The van der Waals surface area contributed by atoms with Gasteiger partial charge in [0.1, 0.15) is 17.9 Å². The van der Waals surface area contributed by atoms with Crippen LogP contribution in [0.4, 0.5) is 16.2 Å². The third-order valence-electron chi connectivity index (χ3n) is 8.46. The molecule has 3 heterocycles. The van der Waals surface area contributed by atoms with E-state index in [0.29, 0.717) is 5.56 Å². The first kappa shape index (κ1) is 31.3. The van der Waals surface area contributed by atoms with Gasteiger partial charge in [0, 0.05) is 36.8 Å². The van der Waals surface area contributed by atoms with E-state index in [1.165, 1.54) is 17.0 Å². The summed E-state index contributed by atoms with van der Waals surface area (Å²) >= 11 is 0. The first-order chi connectivity index (χ1) is 21.8. The van der Waals surface area contributed by atoms with Crippen LogP contribution in [0.25, 0.3) is 22.0 Å². The van der Waals surface area contributed by atoms with Crippen molar-refractivity contribution < 1.29 is 27.5 Å². The molecule has 1 aliphatic heterocycles. The van der Waals surface area contributed by atoms with Crippen molar-refractivity contribution in [3.63, 3.8) is 0 Å². The van der Waals surface area contributed by atoms with Crippen molar-refractivity contribution in [3.8, 4) is 17.0 Å². The maximum Gasteiger partial charge on any atom is 0.410 e. The van der Waals surface area contributed by atoms with E-state index in [-0.39, 0.29) is 35.5 Å². The fourth-order valence-corrected chi connectivity index (χ4v) is 7.03. The Hall–Kier alpha value is -4.71. The normalized spacial score (nSPS) is 15.4. The third kappa shape index (κ3) is 5.73. The number of rotatable bonds is 8. The van der Waals surface area contributed by atoms with E-state index in [1.54, 1.807) is 76.4 Å². The topological polar surface area (TPSA) is 131 Å². The van der Waals surface area contributed by atoms with Gasteiger partial charge in [0.15, 0.2) is 0 Å². The van der Waals surface area contributed by atoms with Gasteiger partial charge in [0.2, 0.25) is 11.8 Å². The summed E-state index contributed by atoms with van der Waals surface area (Å²) in [7, 11) is -0.593. The molecule has 0 bridgehead atoms. The number of aromatic nitrogens is 2. The van der Waals surface area contributed by atoms with Crippen molar-refractivity contribution in [3.05, 3.63) is 72.6 Å². The Morgan fingerprint density at radius 3 is 2.46 bits per heavy atom. The fraction of sp³-hybridized carbons (Fsp3) is 0.353. The second-order valence-electron chi connectivity index (χ2n) is 12.8. The standard InChI is InChI=1S/C34H37N5O6S/c1-33(2,3)45-32(41)38(4)16-17-44-30-27(37-46(42,43)24-10-7-6-8-11-24)19-23(20-36-30)22-12-13-26-25(18-22)29-28(21-35-26)39(5)31(40)34(29)14-9-15-34/h6-8,10-13,18-21,37H,9,14-17H2,1-5H3. The van der Waals surface area contributed by atoms with Gasteiger partial charge in [-0.2, -0.15) is 0 Å². The van der Waals surface area contributed by atoms with Crippen LogP contribution < -0.4 is 14.4 Å². The highest BCUT2D eigenvalue weighted by Gasteiger charge is 2.54. The molecule has 2 aromatic carbocycles. The first-order valence-corrected chi connectivity index (χ1v) is 16.6. The summed E-state index contributed by atoms with van der Waals surface area (Å²) < 4.78 is 40.7. The summed E-state index contributed by atoms with van der Waals surface area (Å²) in [6, 6.07) is 15.5. The molecular weight excluding hydrogens is 606 g/mol. The van der Waals surface area contributed by atoms with Gasteiger partial charge < -0.3 is 19.3 Å². The molecular formula is C34H37N5O6S. The minimum absolute atomic E-state index is 0.0412. The molecule has 2 amide bonds. The average Bonchev–Trinajstić information content (AvgIpc) is 3.23. The van der Waals surface area contributed by atoms with Crippen LogP contribution in [-0.2, 0) is 25.0 Å². The molecule has 0 atom stereocenters. The highest BCUT2D eigenvalue weighted by molar-refractivity contribution is 7.92. The van der Waals surface area contributed by atoms with Gasteiger partial charge in [0.25, 0.3) is 10.0 Å². The van der Waals surface area contributed by atoms with Crippen LogP contribution in [0.15, 0.2) is 71.9 Å². The highest BCUT2D eigenvalue weighted by atomic mass is 32.2. The Balaban J connectivity index is 1.34. The van der Waals surface area contributed by atoms with Gasteiger partial charge in [-0.15, -0.1) is 0 Å². The molecule has 12 heteroatoms. The molecule has 0 saturated heterocycles. The molecule has 1 N–H and O–H groups in total. The number of hydrogen-bond acceptors (Lipinski definition) is 8. The van der Waals surface area contributed by atoms with Crippen molar-refractivity contribution in [1.82, 2.24) is 14.9 Å². The van der Waals surface area contributed by atoms with Gasteiger partial charge in [0.05, 0.1) is 34.3 Å².